The van der Waals surface area contributed by atoms with E-state index in [0.29, 0.717) is 22.6 Å². The van der Waals surface area contributed by atoms with Crippen molar-refractivity contribution in [2.45, 2.75) is 25.8 Å². The number of carbonyl (C=O) groups is 2. The van der Waals surface area contributed by atoms with Crippen molar-refractivity contribution in [2.75, 3.05) is 37.0 Å². The lowest BCUT2D eigenvalue weighted by atomic mass is 9.98. The molecule has 0 aromatic heterocycles. The van der Waals surface area contributed by atoms with Gasteiger partial charge in [-0.2, -0.15) is 0 Å². The molecule has 0 radical (unpaired) electrons. The van der Waals surface area contributed by atoms with Crippen LogP contribution in [0.1, 0.15) is 44.7 Å². The van der Waals surface area contributed by atoms with E-state index >= 15 is 0 Å². The predicted molar refractivity (Wildman–Crippen MR) is 134 cm³/mol. The minimum atomic E-state index is -0.267. The van der Waals surface area contributed by atoms with Gasteiger partial charge in [-0.25, -0.2) is 0 Å². The summed E-state index contributed by atoms with van der Waals surface area (Å²) in [6, 6.07) is 21.3. The summed E-state index contributed by atoms with van der Waals surface area (Å²) in [6.07, 6.45) is 3.00. The molecular formula is C28H29N3O3. The summed E-state index contributed by atoms with van der Waals surface area (Å²) in [7, 11) is 1.55. The number of benzene rings is 3. The maximum Gasteiger partial charge on any atom is 0.259 e. The van der Waals surface area contributed by atoms with Crippen LogP contribution in [0.2, 0.25) is 0 Å². The first kappa shape index (κ1) is 22.0. The molecule has 0 unspecified atom stereocenters. The van der Waals surface area contributed by atoms with Gasteiger partial charge < -0.3 is 19.9 Å². The summed E-state index contributed by atoms with van der Waals surface area (Å²) in [4.78, 5) is 30.7. The van der Waals surface area contributed by atoms with Crippen LogP contribution < -0.4 is 15.0 Å². The fourth-order valence-corrected chi connectivity index (χ4v) is 4.88. The Kier molecular flexibility index (Phi) is 6.21. The van der Waals surface area contributed by atoms with Crippen LogP contribution in [0.5, 0.6) is 5.75 Å². The zero-order chi connectivity index (χ0) is 23.5. The quantitative estimate of drug-likeness (QED) is 0.603. The molecule has 34 heavy (non-hydrogen) atoms. The van der Waals surface area contributed by atoms with E-state index in [1.165, 1.54) is 11.1 Å². The monoisotopic (exact) mass is 455 g/mol. The number of carbonyl (C=O) groups excluding carboxylic acids is 2. The van der Waals surface area contributed by atoms with Crippen molar-refractivity contribution >= 4 is 23.2 Å². The highest BCUT2D eigenvalue weighted by molar-refractivity contribution is 6.07. The molecule has 0 atom stereocenters. The molecule has 0 bridgehead atoms. The zero-order valence-electron chi connectivity index (χ0n) is 19.4. The number of nitrogens with one attached hydrogen (secondary N) is 1. The molecule has 5 rings (SSSR count). The first-order chi connectivity index (χ1) is 16.6. The smallest absolute Gasteiger partial charge is 0.259 e. The van der Waals surface area contributed by atoms with E-state index < -0.39 is 0 Å². The number of likely N-dealkylation sites (tertiary alicyclic amines) is 1. The van der Waals surface area contributed by atoms with E-state index in [4.69, 9.17) is 4.74 Å². The third-order valence-corrected chi connectivity index (χ3v) is 6.70. The maximum atomic E-state index is 13.5. The molecule has 2 heterocycles. The lowest BCUT2D eigenvalue weighted by molar-refractivity contribution is 0.0793. The maximum absolute atomic E-state index is 13.5. The summed E-state index contributed by atoms with van der Waals surface area (Å²) >= 11 is 0. The zero-order valence-corrected chi connectivity index (χ0v) is 19.4. The van der Waals surface area contributed by atoms with Gasteiger partial charge in [-0.3, -0.25) is 9.59 Å². The normalized spacial score (nSPS) is 15.1. The molecule has 1 N–H and O–H groups in total. The molecule has 1 saturated heterocycles. The number of hydrogen-bond donors (Lipinski definition) is 1. The molecule has 1 fully saturated rings. The highest BCUT2D eigenvalue weighted by Crippen LogP contribution is 2.31. The van der Waals surface area contributed by atoms with E-state index in [9.17, 15) is 9.59 Å². The Morgan fingerprint density at radius 1 is 0.853 bits per heavy atom. The standard InChI is InChI=1S/C28H29N3O3/c1-34-26-11-5-4-10-23(26)27(32)29-22-12-13-25(24(18-22)28(33)30-15-6-7-16-30)31-17-14-20-8-2-3-9-21(20)19-31/h2-5,8-13,18H,6-7,14-17,19H2,1H3,(H,29,32). The van der Waals surface area contributed by atoms with Gasteiger partial charge in [0, 0.05) is 37.6 Å². The lowest BCUT2D eigenvalue weighted by Gasteiger charge is -2.33. The van der Waals surface area contributed by atoms with Crippen molar-refractivity contribution in [3.8, 4) is 5.75 Å². The highest BCUT2D eigenvalue weighted by Gasteiger charge is 2.26. The van der Waals surface area contributed by atoms with Gasteiger partial charge in [0.1, 0.15) is 5.75 Å². The number of methoxy groups -OCH3 is 1. The van der Waals surface area contributed by atoms with Crippen LogP contribution in [0.3, 0.4) is 0 Å². The molecule has 3 aromatic carbocycles. The van der Waals surface area contributed by atoms with Gasteiger partial charge in [-0.05, 0) is 60.7 Å². The summed E-state index contributed by atoms with van der Waals surface area (Å²) < 4.78 is 5.33. The fourth-order valence-electron chi connectivity index (χ4n) is 4.88. The van der Waals surface area contributed by atoms with Crippen LogP contribution in [0, 0.1) is 0 Å². The largest absolute Gasteiger partial charge is 0.496 e. The summed E-state index contributed by atoms with van der Waals surface area (Å²) in [5, 5.41) is 2.96. The molecule has 2 aliphatic rings. The Bertz CT molecular complexity index is 1220. The molecule has 0 spiro atoms. The van der Waals surface area contributed by atoms with Crippen LogP contribution in [0.15, 0.2) is 66.7 Å². The second-order valence-electron chi connectivity index (χ2n) is 8.83. The van der Waals surface area contributed by atoms with Gasteiger partial charge in [0.05, 0.1) is 18.2 Å². The predicted octanol–water partition coefficient (Wildman–Crippen LogP) is 4.75. The van der Waals surface area contributed by atoms with Crippen molar-refractivity contribution in [3.63, 3.8) is 0 Å². The van der Waals surface area contributed by atoms with Crippen LogP contribution in [-0.4, -0.2) is 43.5 Å². The Hall–Kier alpha value is -3.80. The molecule has 0 aliphatic carbocycles. The minimum absolute atomic E-state index is 0.0275. The first-order valence-corrected chi connectivity index (χ1v) is 11.8. The summed E-state index contributed by atoms with van der Waals surface area (Å²) in [5.41, 5.74) is 5.27. The second kappa shape index (κ2) is 9.59. The lowest BCUT2D eigenvalue weighted by Crippen LogP contribution is -2.34. The number of nitrogens with zero attached hydrogens (tertiary/aromatic N) is 2. The van der Waals surface area contributed by atoms with Crippen molar-refractivity contribution < 1.29 is 14.3 Å². The molecule has 2 amide bonds. The Balaban J connectivity index is 1.46. The van der Waals surface area contributed by atoms with Gasteiger partial charge in [-0.1, -0.05) is 36.4 Å². The fraction of sp³-hybridized carbons (Fsp3) is 0.286. The average Bonchev–Trinajstić information content (AvgIpc) is 3.43. The minimum Gasteiger partial charge on any atom is -0.496 e. The second-order valence-corrected chi connectivity index (χ2v) is 8.83. The van der Waals surface area contributed by atoms with Crippen LogP contribution >= 0.6 is 0 Å². The Labute approximate surface area is 200 Å². The van der Waals surface area contributed by atoms with E-state index in [1.807, 2.05) is 29.2 Å². The topological polar surface area (TPSA) is 61.9 Å². The highest BCUT2D eigenvalue weighted by atomic mass is 16.5. The van der Waals surface area contributed by atoms with Crippen LogP contribution in [-0.2, 0) is 13.0 Å². The number of ether oxygens (including phenoxy) is 1. The molecule has 2 aliphatic heterocycles. The number of para-hydroxylation sites is 1. The number of fused-ring (bicyclic) bond motifs is 1. The third kappa shape index (κ3) is 4.36. The number of anilines is 2. The third-order valence-electron chi connectivity index (χ3n) is 6.70. The summed E-state index contributed by atoms with van der Waals surface area (Å²) in [6.45, 7) is 3.17. The molecule has 6 nitrogen and oxygen atoms in total. The van der Waals surface area contributed by atoms with Crippen molar-refractivity contribution in [1.82, 2.24) is 4.90 Å². The average molecular weight is 456 g/mol. The van der Waals surface area contributed by atoms with Crippen LogP contribution in [0.4, 0.5) is 11.4 Å². The first-order valence-electron chi connectivity index (χ1n) is 11.8. The molecule has 3 aromatic rings. The van der Waals surface area contributed by atoms with Gasteiger partial charge in [0.15, 0.2) is 0 Å². The van der Waals surface area contributed by atoms with Gasteiger partial charge in [0.2, 0.25) is 0 Å². The number of amides is 2. The van der Waals surface area contributed by atoms with E-state index in [2.05, 4.69) is 34.5 Å². The number of rotatable bonds is 5. The van der Waals surface area contributed by atoms with Crippen molar-refractivity contribution in [1.29, 1.82) is 0 Å². The van der Waals surface area contributed by atoms with Crippen molar-refractivity contribution in [3.05, 3.63) is 89.0 Å². The van der Waals surface area contributed by atoms with Gasteiger partial charge in [-0.15, -0.1) is 0 Å². The Morgan fingerprint density at radius 3 is 2.38 bits per heavy atom. The Morgan fingerprint density at radius 2 is 1.59 bits per heavy atom. The van der Waals surface area contributed by atoms with E-state index in [0.717, 1.165) is 51.1 Å². The number of hydrogen-bond acceptors (Lipinski definition) is 4. The van der Waals surface area contributed by atoms with Gasteiger partial charge in [0.25, 0.3) is 11.8 Å². The van der Waals surface area contributed by atoms with Gasteiger partial charge >= 0.3 is 0 Å². The SMILES string of the molecule is COc1ccccc1C(=O)Nc1ccc(N2CCc3ccccc3C2)c(C(=O)N2CCCC2)c1. The van der Waals surface area contributed by atoms with Crippen LogP contribution in [0.25, 0.3) is 0 Å². The summed E-state index contributed by atoms with van der Waals surface area (Å²) in [5.74, 6) is 0.272. The molecule has 174 valence electrons. The molecular weight excluding hydrogens is 426 g/mol. The van der Waals surface area contributed by atoms with Crippen molar-refractivity contribution in [2.24, 2.45) is 0 Å². The molecule has 0 saturated carbocycles. The van der Waals surface area contributed by atoms with E-state index in [1.54, 1.807) is 25.3 Å². The molecule has 6 heteroatoms. The van der Waals surface area contributed by atoms with E-state index in [-0.39, 0.29) is 11.8 Å².